The van der Waals surface area contributed by atoms with E-state index in [9.17, 15) is 0 Å². The minimum atomic E-state index is 0.851. The fraction of sp³-hybridized carbons (Fsp3) is 0.500. The predicted molar refractivity (Wildman–Crippen MR) is 60.5 cm³/mol. The smallest absolute Gasteiger partial charge is 0.231 e. The number of likely N-dealkylation sites (N-methyl/N-ethyl adjacent to an activating group) is 1. The fourth-order valence-corrected chi connectivity index (χ4v) is 1.98. The first kappa shape index (κ1) is 9.53. The van der Waals surface area contributed by atoms with Crippen molar-refractivity contribution >= 4 is 11.6 Å². The number of rotatable bonds is 1. The van der Waals surface area contributed by atoms with Gasteiger partial charge in [-0.25, -0.2) is 4.98 Å². The molecule has 1 aliphatic rings. The van der Waals surface area contributed by atoms with Crippen LogP contribution in [0.2, 0.25) is 0 Å². The summed E-state index contributed by atoms with van der Waals surface area (Å²) in [5.74, 6) is 0.892. The Labute approximate surface area is 93.5 Å². The molecule has 84 valence electrons. The van der Waals surface area contributed by atoms with Crippen LogP contribution in [0.3, 0.4) is 0 Å². The van der Waals surface area contributed by atoms with Gasteiger partial charge in [-0.2, -0.15) is 5.10 Å². The highest BCUT2D eigenvalue weighted by atomic mass is 15.4. The van der Waals surface area contributed by atoms with Crippen LogP contribution in [0.4, 0.5) is 5.95 Å². The molecule has 6 heteroatoms. The molecule has 2 aromatic rings. The van der Waals surface area contributed by atoms with Crippen LogP contribution < -0.4 is 4.90 Å². The molecule has 0 unspecified atom stereocenters. The van der Waals surface area contributed by atoms with E-state index in [0.29, 0.717) is 0 Å². The maximum absolute atomic E-state index is 4.21. The van der Waals surface area contributed by atoms with E-state index in [4.69, 9.17) is 0 Å². The molecular formula is C10H14N6. The van der Waals surface area contributed by atoms with Gasteiger partial charge >= 0.3 is 0 Å². The summed E-state index contributed by atoms with van der Waals surface area (Å²) in [7, 11) is 2.14. The van der Waals surface area contributed by atoms with E-state index in [-0.39, 0.29) is 0 Å². The molecule has 1 aliphatic heterocycles. The number of hydrogen-bond donors (Lipinski definition) is 0. The van der Waals surface area contributed by atoms with E-state index in [1.807, 2.05) is 10.6 Å². The van der Waals surface area contributed by atoms with Gasteiger partial charge in [-0.3, -0.25) is 4.40 Å². The Morgan fingerprint density at radius 1 is 1.19 bits per heavy atom. The van der Waals surface area contributed by atoms with Crippen molar-refractivity contribution in [3.63, 3.8) is 0 Å². The predicted octanol–water partition coefficient (Wildman–Crippen LogP) is -0.124. The van der Waals surface area contributed by atoms with Crippen molar-refractivity contribution < 1.29 is 0 Å². The standard InChI is InChI=1S/C10H14N6/c1-14-4-6-15(7-5-14)10-13-12-8-9-11-2-3-16(9)10/h2-3,8H,4-7H2,1H3. The minimum absolute atomic E-state index is 0.851. The van der Waals surface area contributed by atoms with Gasteiger partial charge in [-0.1, -0.05) is 0 Å². The molecule has 1 fully saturated rings. The second-order valence-electron chi connectivity index (χ2n) is 4.09. The van der Waals surface area contributed by atoms with E-state index >= 15 is 0 Å². The summed E-state index contributed by atoms with van der Waals surface area (Å²) in [6, 6.07) is 0. The normalized spacial score (nSPS) is 18.2. The fourth-order valence-electron chi connectivity index (χ4n) is 1.98. The zero-order valence-electron chi connectivity index (χ0n) is 9.24. The molecule has 2 aromatic heterocycles. The third kappa shape index (κ3) is 1.51. The van der Waals surface area contributed by atoms with Crippen molar-refractivity contribution in [3.05, 3.63) is 18.6 Å². The van der Waals surface area contributed by atoms with Gasteiger partial charge in [0.1, 0.15) is 0 Å². The molecule has 0 amide bonds. The molecule has 0 N–H and O–H groups in total. The summed E-state index contributed by atoms with van der Waals surface area (Å²) in [6.45, 7) is 4.10. The van der Waals surface area contributed by atoms with Gasteiger partial charge in [0, 0.05) is 38.6 Å². The molecule has 0 radical (unpaired) electrons. The minimum Gasteiger partial charge on any atom is -0.338 e. The van der Waals surface area contributed by atoms with Crippen LogP contribution in [0.15, 0.2) is 18.6 Å². The lowest BCUT2D eigenvalue weighted by atomic mass is 10.3. The lowest BCUT2D eigenvalue weighted by Crippen LogP contribution is -2.45. The Hall–Kier alpha value is -1.69. The van der Waals surface area contributed by atoms with Gasteiger partial charge in [-0.05, 0) is 7.05 Å². The molecule has 3 heterocycles. The van der Waals surface area contributed by atoms with Gasteiger partial charge in [0.15, 0.2) is 5.65 Å². The topological polar surface area (TPSA) is 49.6 Å². The molecule has 0 bridgehead atoms. The highest BCUT2D eigenvalue weighted by Crippen LogP contribution is 2.13. The maximum Gasteiger partial charge on any atom is 0.231 e. The van der Waals surface area contributed by atoms with Crippen LogP contribution >= 0.6 is 0 Å². The lowest BCUT2D eigenvalue weighted by molar-refractivity contribution is 0.310. The van der Waals surface area contributed by atoms with Crippen molar-refractivity contribution in [1.29, 1.82) is 0 Å². The largest absolute Gasteiger partial charge is 0.338 e. The Bertz CT molecular complexity index is 485. The SMILES string of the molecule is CN1CCN(c2nncc3nccn23)CC1. The quantitative estimate of drug-likeness (QED) is 0.667. The number of imidazole rings is 1. The van der Waals surface area contributed by atoms with Crippen LogP contribution in [-0.2, 0) is 0 Å². The molecule has 0 atom stereocenters. The van der Waals surface area contributed by atoms with Crippen molar-refractivity contribution in [2.24, 2.45) is 0 Å². The summed E-state index contributed by atoms with van der Waals surface area (Å²) in [5, 5.41) is 8.20. The Balaban J connectivity index is 1.96. The Morgan fingerprint density at radius 3 is 2.81 bits per heavy atom. The molecule has 0 aliphatic carbocycles. The molecule has 3 rings (SSSR count). The lowest BCUT2D eigenvalue weighted by Gasteiger charge is -2.32. The van der Waals surface area contributed by atoms with Crippen LogP contribution in [-0.4, -0.2) is 57.7 Å². The van der Waals surface area contributed by atoms with Crippen molar-refractivity contribution in [3.8, 4) is 0 Å². The number of piperazine rings is 1. The highest BCUT2D eigenvalue weighted by molar-refractivity contribution is 5.44. The molecule has 1 saturated heterocycles. The number of fused-ring (bicyclic) bond motifs is 1. The Kier molecular flexibility index (Phi) is 2.21. The Morgan fingerprint density at radius 2 is 2.00 bits per heavy atom. The maximum atomic E-state index is 4.21. The van der Waals surface area contributed by atoms with Gasteiger partial charge < -0.3 is 9.80 Å². The van der Waals surface area contributed by atoms with E-state index in [0.717, 1.165) is 37.8 Å². The van der Waals surface area contributed by atoms with Crippen molar-refractivity contribution in [2.75, 3.05) is 38.1 Å². The zero-order chi connectivity index (χ0) is 11.0. The molecule has 0 saturated carbocycles. The van der Waals surface area contributed by atoms with Gasteiger partial charge in [0.2, 0.25) is 5.95 Å². The average molecular weight is 218 g/mol. The van der Waals surface area contributed by atoms with Crippen molar-refractivity contribution in [1.82, 2.24) is 24.5 Å². The zero-order valence-corrected chi connectivity index (χ0v) is 9.24. The number of anilines is 1. The van der Waals surface area contributed by atoms with Crippen LogP contribution in [0.1, 0.15) is 0 Å². The number of hydrogen-bond acceptors (Lipinski definition) is 5. The molecular weight excluding hydrogens is 204 g/mol. The van der Waals surface area contributed by atoms with Gasteiger partial charge in [0.05, 0.1) is 6.20 Å². The monoisotopic (exact) mass is 218 g/mol. The van der Waals surface area contributed by atoms with E-state index in [1.165, 1.54) is 0 Å². The van der Waals surface area contributed by atoms with Crippen molar-refractivity contribution in [2.45, 2.75) is 0 Å². The summed E-state index contributed by atoms with van der Waals surface area (Å²) >= 11 is 0. The summed E-state index contributed by atoms with van der Waals surface area (Å²) in [6.07, 6.45) is 5.38. The number of nitrogens with zero attached hydrogens (tertiary/aromatic N) is 6. The first-order valence-electron chi connectivity index (χ1n) is 5.43. The second-order valence-corrected chi connectivity index (χ2v) is 4.09. The number of aromatic nitrogens is 4. The summed E-state index contributed by atoms with van der Waals surface area (Å²) < 4.78 is 1.98. The third-order valence-electron chi connectivity index (χ3n) is 2.99. The molecule has 6 nitrogen and oxygen atoms in total. The first-order valence-corrected chi connectivity index (χ1v) is 5.43. The average Bonchev–Trinajstić information content (AvgIpc) is 2.78. The highest BCUT2D eigenvalue weighted by Gasteiger charge is 2.17. The van der Waals surface area contributed by atoms with Crippen LogP contribution in [0, 0.1) is 0 Å². The van der Waals surface area contributed by atoms with E-state index < -0.39 is 0 Å². The first-order chi connectivity index (χ1) is 7.84. The van der Waals surface area contributed by atoms with E-state index in [2.05, 4.69) is 32.0 Å². The van der Waals surface area contributed by atoms with Gasteiger partial charge in [-0.15, -0.1) is 5.10 Å². The summed E-state index contributed by atoms with van der Waals surface area (Å²) in [5.41, 5.74) is 0.851. The molecule has 0 spiro atoms. The molecule has 16 heavy (non-hydrogen) atoms. The van der Waals surface area contributed by atoms with Gasteiger partial charge in [0.25, 0.3) is 0 Å². The third-order valence-corrected chi connectivity index (χ3v) is 2.99. The molecule has 0 aromatic carbocycles. The van der Waals surface area contributed by atoms with Crippen LogP contribution in [0.25, 0.3) is 5.65 Å². The van der Waals surface area contributed by atoms with Crippen LogP contribution in [0.5, 0.6) is 0 Å². The second kappa shape index (κ2) is 3.71. The van der Waals surface area contributed by atoms with E-state index in [1.54, 1.807) is 12.4 Å². The summed E-state index contributed by atoms with van der Waals surface area (Å²) in [4.78, 5) is 8.78.